The van der Waals surface area contributed by atoms with Gasteiger partial charge in [-0.15, -0.1) is 0 Å². The SMILES string of the molecule is CN1NC(O)N(C)N1. The molecule has 1 aliphatic heterocycles. The molecular weight excluding hydrogens is 108 g/mol. The molecule has 0 saturated carbocycles. The minimum Gasteiger partial charge on any atom is -0.363 e. The van der Waals surface area contributed by atoms with Crippen LogP contribution in [0, 0.1) is 0 Å². The Morgan fingerprint density at radius 2 is 2.12 bits per heavy atom. The zero-order valence-electron chi connectivity index (χ0n) is 4.92. The van der Waals surface area contributed by atoms with Gasteiger partial charge in [0, 0.05) is 14.1 Å². The van der Waals surface area contributed by atoms with Crippen LogP contribution in [-0.4, -0.2) is 35.7 Å². The van der Waals surface area contributed by atoms with Crippen LogP contribution >= 0.6 is 0 Å². The standard InChI is InChI=1S/C3H10N4O/c1-6-3(8)4-7(2)5-6/h3-5,8H,1-2H3. The fraction of sp³-hybridized carbons (Fsp3) is 1.00. The van der Waals surface area contributed by atoms with Gasteiger partial charge in [-0.25, -0.2) is 0 Å². The molecule has 0 aromatic carbocycles. The van der Waals surface area contributed by atoms with Gasteiger partial charge in [-0.1, -0.05) is 0 Å². The second-order valence-corrected chi connectivity index (χ2v) is 1.77. The van der Waals surface area contributed by atoms with Crippen LogP contribution in [0.25, 0.3) is 0 Å². The normalized spacial score (nSPS) is 34.1. The van der Waals surface area contributed by atoms with E-state index in [0.29, 0.717) is 0 Å². The Hall–Kier alpha value is -0.200. The van der Waals surface area contributed by atoms with Crippen LogP contribution in [0.4, 0.5) is 0 Å². The van der Waals surface area contributed by atoms with E-state index in [4.69, 9.17) is 5.11 Å². The lowest BCUT2D eigenvalue weighted by molar-refractivity contribution is 0.0187. The number of hydrogen-bond acceptors (Lipinski definition) is 5. The molecule has 8 heavy (non-hydrogen) atoms. The molecule has 1 aliphatic rings. The molecule has 0 radical (unpaired) electrons. The number of nitrogens with one attached hydrogen (secondary N) is 2. The van der Waals surface area contributed by atoms with Gasteiger partial charge in [0.2, 0.25) is 0 Å². The summed E-state index contributed by atoms with van der Waals surface area (Å²) in [4.78, 5) is 0. The van der Waals surface area contributed by atoms with Gasteiger partial charge in [-0.2, -0.15) is 21.1 Å². The van der Waals surface area contributed by atoms with Crippen LogP contribution in [0.1, 0.15) is 0 Å². The average Bonchev–Trinajstić information content (AvgIpc) is 1.85. The average molecular weight is 118 g/mol. The van der Waals surface area contributed by atoms with E-state index in [1.165, 1.54) is 0 Å². The monoisotopic (exact) mass is 118 g/mol. The van der Waals surface area contributed by atoms with Crippen molar-refractivity contribution in [3.8, 4) is 0 Å². The highest BCUT2D eigenvalue weighted by atomic mass is 16.3. The van der Waals surface area contributed by atoms with Gasteiger partial charge in [-0.05, 0) is 0 Å². The molecule has 1 rings (SSSR count). The molecule has 5 nitrogen and oxygen atoms in total. The Labute approximate surface area is 47.8 Å². The van der Waals surface area contributed by atoms with Crippen LogP contribution in [-0.2, 0) is 0 Å². The van der Waals surface area contributed by atoms with Gasteiger partial charge < -0.3 is 5.11 Å². The summed E-state index contributed by atoms with van der Waals surface area (Å²) >= 11 is 0. The smallest absolute Gasteiger partial charge is 0.190 e. The molecule has 1 saturated heterocycles. The quantitative estimate of drug-likeness (QED) is 0.345. The maximum absolute atomic E-state index is 8.88. The minimum absolute atomic E-state index is 0.611. The second-order valence-electron chi connectivity index (χ2n) is 1.77. The fourth-order valence-electron chi connectivity index (χ4n) is 0.580. The van der Waals surface area contributed by atoms with Crippen molar-refractivity contribution in [2.24, 2.45) is 0 Å². The Morgan fingerprint density at radius 1 is 1.50 bits per heavy atom. The van der Waals surface area contributed by atoms with E-state index in [2.05, 4.69) is 11.0 Å². The van der Waals surface area contributed by atoms with Crippen LogP contribution < -0.4 is 11.0 Å². The summed E-state index contributed by atoms with van der Waals surface area (Å²) in [5, 5.41) is 12.0. The second kappa shape index (κ2) is 1.96. The number of aliphatic hydroxyl groups is 1. The maximum Gasteiger partial charge on any atom is 0.190 e. The van der Waals surface area contributed by atoms with Gasteiger partial charge >= 0.3 is 0 Å². The molecule has 3 N–H and O–H groups in total. The van der Waals surface area contributed by atoms with Crippen molar-refractivity contribution in [2.75, 3.05) is 14.1 Å². The molecule has 1 fully saturated rings. The first kappa shape index (κ1) is 5.93. The van der Waals surface area contributed by atoms with E-state index < -0.39 is 6.35 Å². The van der Waals surface area contributed by atoms with Gasteiger partial charge in [0.15, 0.2) is 6.35 Å². The van der Waals surface area contributed by atoms with Crippen molar-refractivity contribution < 1.29 is 5.11 Å². The summed E-state index contributed by atoms with van der Waals surface area (Å²) in [6.45, 7) is 0. The topological polar surface area (TPSA) is 50.8 Å². The molecule has 0 bridgehead atoms. The van der Waals surface area contributed by atoms with E-state index in [9.17, 15) is 0 Å². The first-order valence-corrected chi connectivity index (χ1v) is 2.37. The summed E-state index contributed by atoms with van der Waals surface area (Å²) in [6, 6.07) is 0. The molecule has 0 amide bonds. The van der Waals surface area contributed by atoms with Crippen LogP contribution in [0.15, 0.2) is 0 Å². The highest BCUT2D eigenvalue weighted by molar-refractivity contribution is 4.49. The zero-order valence-corrected chi connectivity index (χ0v) is 4.92. The molecule has 0 spiro atoms. The summed E-state index contributed by atoms with van der Waals surface area (Å²) < 4.78 is 0. The van der Waals surface area contributed by atoms with Crippen molar-refractivity contribution in [3.63, 3.8) is 0 Å². The van der Waals surface area contributed by atoms with Crippen molar-refractivity contribution in [2.45, 2.75) is 6.35 Å². The summed E-state index contributed by atoms with van der Waals surface area (Å²) in [7, 11) is 3.51. The summed E-state index contributed by atoms with van der Waals surface area (Å²) in [5.74, 6) is 0. The molecule has 48 valence electrons. The molecule has 5 heteroatoms. The number of hydrazine groups is 3. The Morgan fingerprint density at radius 3 is 2.25 bits per heavy atom. The highest BCUT2D eigenvalue weighted by Crippen LogP contribution is 1.90. The van der Waals surface area contributed by atoms with Crippen LogP contribution in [0.2, 0.25) is 0 Å². The fourth-order valence-corrected chi connectivity index (χ4v) is 0.580. The van der Waals surface area contributed by atoms with E-state index in [0.717, 1.165) is 0 Å². The van der Waals surface area contributed by atoms with E-state index >= 15 is 0 Å². The number of aliphatic hydroxyl groups excluding tert-OH is 1. The van der Waals surface area contributed by atoms with Crippen molar-refractivity contribution in [3.05, 3.63) is 0 Å². The van der Waals surface area contributed by atoms with Crippen molar-refractivity contribution in [1.82, 2.24) is 21.1 Å². The molecule has 0 aliphatic carbocycles. The largest absolute Gasteiger partial charge is 0.363 e. The lowest BCUT2D eigenvalue weighted by Crippen LogP contribution is -2.36. The van der Waals surface area contributed by atoms with Crippen molar-refractivity contribution >= 4 is 0 Å². The summed E-state index contributed by atoms with van der Waals surface area (Å²) in [6.07, 6.45) is -0.611. The van der Waals surface area contributed by atoms with E-state index in [-0.39, 0.29) is 0 Å². The first-order valence-electron chi connectivity index (χ1n) is 2.37. The predicted molar refractivity (Wildman–Crippen MR) is 27.8 cm³/mol. The molecule has 0 aromatic rings. The van der Waals surface area contributed by atoms with E-state index in [1.54, 1.807) is 24.2 Å². The Kier molecular flexibility index (Phi) is 1.45. The van der Waals surface area contributed by atoms with E-state index in [1.807, 2.05) is 0 Å². The minimum atomic E-state index is -0.611. The Balaban J connectivity index is 2.39. The first-order chi connectivity index (χ1) is 3.70. The van der Waals surface area contributed by atoms with Gasteiger partial charge in [-0.3, -0.25) is 0 Å². The molecule has 0 aromatic heterocycles. The third kappa shape index (κ3) is 0.960. The van der Waals surface area contributed by atoms with Crippen LogP contribution in [0.5, 0.6) is 0 Å². The number of hydrogen-bond donors (Lipinski definition) is 3. The van der Waals surface area contributed by atoms with Gasteiger partial charge in [0.1, 0.15) is 0 Å². The number of nitrogens with zero attached hydrogens (tertiary/aromatic N) is 2. The third-order valence-electron chi connectivity index (χ3n) is 0.984. The lowest BCUT2D eigenvalue weighted by atomic mass is 10.9. The van der Waals surface area contributed by atoms with Crippen LogP contribution in [0.3, 0.4) is 0 Å². The molecular formula is C3H10N4O. The number of rotatable bonds is 0. The van der Waals surface area contributed by atoms with Crippen molar-refractivity contribution in [1.29, 1.82) is 0 Å². The van der Waals surface area contributed by atoms with Gasteiger partial charge in [0.05, 0.1) is 0 Å². The Bertz CT molecular complexity index is 77.4. The zero-order chi connectivity index (χ0) is 6.15. The molecule has 1 heterocycles. The predicted octanol–water partition coefficient (Wildman–Crippen LogP) is -1.94. The molecule has 1 atom stereocenters. The highest BCUT2D eigenvalue weighted by Gasteiger charge is 2.19. The molecule has 1 unspecified atom stereocenters. The maximum atomic E-state index is 8.88. The lowest BCUT2D eigenvalue weighted by Gasteiger charge is -2.08. The van der Waals surface area contributed by atoms with Gasteiger partial charge in [0.25, 0.3) is 0 Å². The summed E-state index contributed by atoms with van der Waals surface area (Å²) in [5.41, 5.74) is 5.44. The third-order valence-corrected chi connectivity index (χ3v) is 0.984.